The summed E-state index contributed by atoms with van der Waals surface area (Å²) >= 11 is 0. The normalized spacial score (nSPS) is 34.4. The standard InChI is InChI=1S/C13H15F3N2/c1-17-6-5-9-10-7-8(13(14,15)16)3-4-11(10)18(2)12(9)17/h4-9,12H,3H2,1-2H3. The number of halogens is 3. The van der Waals surface area contributed by atoms with E-state index in [0.29, 0.717) is 0 Å². The molecule has 0 aromatic rings. The fourth-order valence-corrected chi connectivity index (χ4v) is 3.17. The van der Waals surface area contributed by atoms with Gasteiger partial charge in [0.25, 0.3) is 0 Å². The van der Waals surface area contributed by atoms with Crippen LogP contribution >= 0.6 is 0 Å². The number of nitrogens with zero attached hydrogens (tertiary/aromatic N) is 2. The molecule has 1 saturated heterocycles. The number of alkyl halides is 3. The predicted octanol–water partition coefficient (Wildman–Crippen LogP) is 2.73. The predicted molar refractivity (Wildman–Crippen MR) is 62.3 cm³/mol. The van der Waals surface area contributed by atoms with Crippen LogP contribution in [0.1, 0.15) is 6.42 Å². The molecule has 3 atom stereocenters. The maximum atomic E-state index is 12.8. The van der Waals surface area contributed by atoms with Crippen molar-refractivity contribution < 1.29 is 13.2 Å². The lowest BCUT2D eigenvalue weighted by atomic mass is 9.89. The molecule has 5 heteroatoms. The summed E-state index contributed by atoms with van der Waals surface area (Å²) < 4.78 is 38.4. The molecule has 2 aliphatic heterocycles. The van der Waals surface area contributed by atoms with E-state index in [1.165, 1.54) is 6.08 Å². The van der Waals surface area contributed by atoms with Crippen molar-refractivity contribution in [3.8, 4) is 0 Å². The summed E-state index contributed by atoms with van der Waals surface area (Å²) in [6, 6.07) is 0. The van der Waals surface area contributed by atoms with E-state index < -0.39 is 12.1 Å². The molecule has 18 heavy (non-hydrogen) atoms. The molecule has 0 radical (unpaired) electrons. The molecular weight excluding hydrogens is 241 g/mol. The zero-order valence-corrected chi connectivity index (χ0v) is 10.3. The number of fused-ring (bicyclic) bond motifs is 3. The quantitative estimate of drug-likeness (QED) is 0.657. The van der Waals surface area contributed by atoms with Crippen LogP contribution in [-0.4, -0.2) is 36.2 Å². The second-order valence-electron chi connectivity index (χ2n) is 5.15. The second-order valence-corrected chi connectivity index (χ2v) is 5.15. The van der Waals surface area contributed by atoms with E-state index in [4.69, 9.17) is 0 Å². The van der Waals surface area contributed by atoms with Crippen molar-refractivity contribution in [3.63, 3.8) is 0 Å². The van der Waals surface area contributed by atoms with Crippen LogP contribution in [0.3, 0.4) is 0 Å². The van der Waals surface area contributed by atoms with Crippen LogP contribution in [-0.2, 0) is 0 Å². The smallest absolute Gasteiger partial charge is 0.360 e. The van der Waals surface area contributed by atoms with Gasteiger partial charge in [0.1, 0.15) is 6.17 Å². The summed E-state index contributed by atoms with van der Waals surface area (Å²) in [5.74, 6) is -1.26. The van der Waals surface area contributed by atoms with Crippen molar-refractivity contribution in [1.29, 1.82) is 0 Å². The number of rotatable bonds is 0. The average Bonchev–Trinajstić information content (AvgIpc) is 2.79. The van der Waals surface area contributed by atoms with Crippen molar-refractivity contribution in [2.24, 2.45) is 11.8 Å². The minimum atomic E-state index is -4.14. The van der Waals surface area contributed by atoms with E-state index in [2.05, 4.69) is 4.90 Å². The first-order valence-corrected chi connectivity index (χ1v) is 6.01. The van der Waals surface area contributed by atoms with Crippen LogP contribution < -0.4 is 0 Å². The van der Waals surface area contributed by atoms with Gasteiger partial charge in [0.05, 0.1) is 5.92 Å². The van der Waals surface area contributed by atoms with E-state index in [-0.39, 0.29) is 18.5 Å². The molecule has 0 bridgehead atoms. The van der Waals surface area contributed by atoms with Crippen molar-refractivity contribution in [1.82, 2.24) is 9.80 Å². The lowest BCUT2D eigenvalue weighted by molar-refractivity contribution is -0.160. The van der Waals surface area contributed by atoms with Crippen LogP contribution in [0.4, 0.5) is 13.2 Å². The highest BCUT2D eigenvalue weighted by atomic mass is 19.4. The molecule has 3 unspecified atom stereocenters. The zero-order chi connectivity index (χ0) is 13.1. The third kappa shape index (κ3) is 1.49. The molecule has 1 fully saturated rings. The Bertz CT molecular complexity index is 461. The Morgan fingerprint density at radius 2 is 2.00 bits per heavy atom. The fraction of sp³-hybridized carbons (Fsp3) is 0.538. The van der Waals surface area contributed by atoms with Gasteiger partial charge < -0.3 is 9.80 Å². The SMILES string of the molecule is CN1C=CC2C3=CC(C(F)(F)F)CC=C3N(C)C21. The highest BCUT2D eigenvalue weighted by molar-refractivity contribution is 5.45. The molecule has 2 heterocycles. The van der Waals surface area contributed by atoms with Gasteiger partial charge in [-0.25, -0.2) is 0 Å². The summed E-state index contributed by atoms with van der Waals surface area (Å²) in [6.07, 6.45) is 3.13. The Hall–Kier alpha value is -1.39. The van der Waals surface area contributed by atoms with Gasteiger partial charge in [-0.05, 0) is 18.2 Å². The Balaban J connectivity index is 1.98. The molecule has 0 N–H and O–H groups in total. The average molecular weight is 256 g/mol. The van der Waals surface area contributed by atoms with Crippen LogP contribution in [0.15, 0.2) is 35.7 Å². The van der Waals surface area contributed by atoms with Crippen molar-refractivity contribution in [2.45, 2.75) is 18.8 Å². The lowest BCUT2D eigenvalue weighted by Gasteiger charge is -2.29. The molecule has 2 nitrogen and oxygen atoms in total. The van der Waals surface area contributed by atoms with Crippen molar-refractivity contribution in [2.75, 3.05) is 14.1 Å². The molecule has 98 valence electrons. The molecule has 1 aliphatic carbocycles. The first-order chi connectivity index (χ1) is 8.39. The third-order valence-corrected chi connectivity index (χ3v) is 4.07. The third-order valence-electron chi connectivity index (χ3n) is 4.07. The van der Waals surface area contributed by atoms with E-state index >= 15 is 0 Å². The summed E-state index contributed by atoms with van der Waals surface area (Å²) in [6.45, 7) is 0. The lowest BCUT2D eigenvalue weighted by Crippen LogP contribution is -2.37. The number of allylic oxidation sites excluding steroid dienone is 3. The molecule has 0 aromatic carbocycles. The maximum Gasteiger partial charge on any atom is 0.395 e. The van der Waals surface area contributed by atoms with Crippen LogP contribution in [0, 0.1) is 11.8 Å². The Kier molecular flexibility index (Phi) is 2.31. The minimum Gasteiger partial charge on any atom is -0.360 e. The molecular formula is C13H15F3N2. The van der Waals surface area contributed by atoms with Crippen molar-refractivity contribution in [3.05, 3.63) is 35.7 Å². The van der Waals surface area contributed by atoms with Crippen LogP contribution in [0.5, 0.6) is 0 Å². The fourth-order valence-electron chi connectivity index (χ4n) is 3.17. The van der Waals surface area contributed by atoms with Gasteiger partial charge in [-0.3, -0.25) is 0 Å². The van der Waals surface area contributed by atoms with Gasteiger partial charge in [-0.1, -0.05) is 18.2 Å². The Labute approximate surface area is 104 Å². The second kappa shape index (κ2) is 3.56. The Morgan fingerprint density at radius 1 is 1.28 bits per heavy atom. The summed E-state index contributed by atoms with van der Waals surface area (Å²) in [4.78, 5) is 4.12. The van der Waals surface area contributed by atoms with E-state index in [1.54, 1.807) is 6.08 Å². The number of hydrogen-bond donors (Lipinski definition) is 0. The highest BCUT2D eigenvalue weighted by Crippen LogP contribution is 2.47. The molecule has 0 aromatic heterocycles. The molecule has 3 aliphatic rings. The van der Waals surface area contributed by atoms with E-state index in [0.717, 1.165) is 11.3 Å². The highest BCUT2D eigenvalue weighted by Gasteiger charge is 2.47. The molecule has 0 amide bonds. The largest absolute Gasteiger partial charge is 0.395 e. The first kappa shape index (κ1) is 11.7. The van der Waals surface area contributed by atoms with Crippen LogP contribution in [0.2, 0.25) is 0 Å². The van der Waals surface area contributed by atoms with Gasteiger partial charge >= 0.3 is 6.18 Å². The van der Waals surface area contributed by atoms with Crippen LogP contribution in [0.25, 0.3) is 0 Å². The van der Waals surface area contributed by atoms with Crippen molar-refractivity contribution >= 4 is 0 Å². The monoisotopic (exact) mass is 256 g/mol. The number of likely N-dealkylation sites (N-methyl/N-ethyl adjacent to an activating group) is 1. The minimum absolute atomic E-state index is 0.0551. The summed E-state index contributed by atoms with van der Waals surface area (Å²) in [5, 5.41) is 0. The van der Waals surface area contributed by atoms with E-state index in [1.807, 2.05) is 31.3 Å². The first-order valence-electron chi connectivity index (χ1n) is 6.01. The Morgan fingerprint density at radius 3 is 2.67 bits per heavy atom. The van der Waals surface area contributed by atoms with E-state index in [9.17, 15) is 13.2 Å². The van der Waals surface area contributed by atoms with Gasteiger partial charge in [0.2, 0.25) is 0 Å². The van der Waals surface area contributed by atoms with Gasteiger partial charge in [-0.15, -0.1) is 0 Å². The number of hydrogen-bond acceptors (Lipinski definition) is 2. The molecule has 3 rings (SSSR count). The number of likely N-dealkylation sites (tertiary alicyclic amines) is 1. The zero-order valence-electron chi connectivity index (χ0n) is 10.3. The maximum absolute atomic E-state index is 12.8. The van der Waals surface area contributed by atoms with Gasteiger partial charge in [0, 0.05) is 25.7 Å². The summed E-state index contributed by atoms with van der Waals surface area (Å²) in [7, 11) is 3.90. The van der Waals surface area contributed by atoms with Gasteiger partial charge in [-0.2, -0.15) is 13.2 Å². The molecule has 0 spiro atoms. The summed E-state index contributed by atoms with van der Waals surface area (Å²) in [5.41, 5.74) is 1.79. The van der Waals surface area contributed by atoms with Gasteiger partial charge in [0.15, 0.2) is 0 Å². The topological polar surface area (TPSA) is 6.48 Å². The molecule has 0 saturated carbocycles.